The molecule has 2 fully saturated rings. The van der Waals surface area contributed by atoms with Crippen molar-refractivity contribution in [1.82, 2.24) is 0 Å². The quantitative estimate of drug-likeness (QED) is 0.544. The summed E-state index contributed by atoms with van der Waals surface area (Å²) < 4.78 is 0. The van der Waals surface area contributed by atoms with Crippen molar-refractivity contribution >= 4 is 0 Å². The summed E-state index contributed by atoms with van der Waals surface area (Å²) in [7, 11) is 0. The van der Waals surface area contributed by atoms with Gasteiger partial charge in [0.05, 0.1) is 0 Å². The van der Waals surface area contributed by atoms with Crippen LogP contribution < -0.4 is 0 Å². The molecule has 0 unspecified atom stereocenters. The Morgan fingerprint density at radius 2 is 1.05 bits per heavy atom. The van der Waals surface area contributed by atoms with E-state index in [1.165, 1.54) is 89.9 Å². The molecule has 0 spiro atoms. The monoisotopic (exact) mass is 297 g/mol. The van der Waals surface area contributed by atoms with Gasteiger partial charge in [-0.1, -0.05) is 82.4 Å². The fourth-order valence-corrected chi connectivity index (χ4v) is 4.71. The van der Waals surface area contributed by atoms with E-state index in [-0.39, 0.29) is 0 Å². The Balaban J connectivity index is 1.78. The summed E-state index contributed by atoms with van der Waals surface area (Å²) >= 11 is 0. The fourth-order valence-electron chi connectivity index (χ4n) is 4.71. The van der Waals surface area contributed by atoms with E-state index in [1.807, 2.05) is 0 Å². The molecular weight excluding hydrogens is 264 g/mol. The second-order valence-corrected chi connectivity index (χ2v) is 7.64. The highest BCUT2D eigenvalue weighted by Crippen LogP contribution is 2.39. The first-order chi connectivity index (χ1) is 10.9. The van der Waals surface area contributed by atoms with Crippen molar-refractivity contribution in [3.8, 4) is 0 Å². The first-order valence-corrected chi connectivity index (χ1v) is 9.95. The Hall–Kier alpha value is -0.780. The largest absolute Gasteiger partial charge is 0.0579 e. The number of hydrogen-bond acceptors (Lipinski definition) is 0. The highest BCUT2D eigenvalue weighted by atomic mass is 14.3. The van der Waals surface area contributed by atoms with Crippen LogP contribution in [-0.2, 0) is 0 Å². The topological polar surface area (TPSA) is 0 Å². The Morgan fingerprint density at radius 3 is 1.59 bits per heavy atom. The van der Waals surface area contributed by atoms with Crippen LogP contribution in [0.15, 0.2) is 18.2 Å². The Kier molecular flexibility index (Phi) is 6.40. The lowest BCUT2D eigenvalue weighted by Gasteiger charge is -2.27. The third-order valence-electron chi connectivity index (χ3n) is 6.02. The minimum absolute atomic E-state index is 0.818. The SMILES string of the molecule is [c]1ccc(C2CCCCCCC2)c(C2CCCCCCC2)c1. The molecule has 0 atom stereocenters. The van der Waals surface area contributed by atoms with Crippen molar-refractivity contribution in [1.29, 1.82) is 0 Å². The smallest absolute Gasteiger partial charge is 0.0159 e. The fraction of sp³-hybridized carbons (Fsp3) is 0.727. The molecule has 0 N–H and O–H groups in total. The van der Waals surface area contributed by atoms with Crippen molar-refractivity contribution in [3.05, 3.63) is 35.4 Å². The van der Waals surface area contributed by atoms with Crippen molar-refractivity contribution in [2.75, 3.05) is 0 Å². The maximum absolute atomic E-state index is 3.40. The van der Waals surface area contributed by atoms with Gasteiger partial charge in [0.25, 0.3) is 0 Å². The van der Waals surface area contributed by atoms with Gasteiger partial charge in [0, 0.05) is 0 Å². The molecule has 0 bridgehead atoms. The average Bonchev–Trinajstić information content (AvgIpc) is 2.47. The van der Waals surface area contributed by atoms with Gasteiger partial charge in [-0.2, -0.15) is 0 Å². The lowest BCUT2D eigenvalue weighted by Crippen LogP contribution is -2.10. The molecule has 3 rings (SSSR count). The third-order valence-corrected chi connectivity index (χ3v) is 6.02. The average molecular weight is 298 g/mol. The number of benzene rings is 1. The van der Waals surface area contributed by atoms with Gasteiger partial charge in [0.15, 0.2) is 0 Å². The maximum atomic E-state index is 3.40. The second-order valence-electron chi connectivity index (χ2n) is 7.64. The predicted molar refractivity (Wildman–Crippen MR) is 95.4 cm³/mol. The van der Waals surface area contributed by atoms with Gasteiger partial charge in [-0.3, -0.25) is 0 Å². The minimum Gasteiger partial charge on any atom is -0.0579 e. The normalized spacial score (nSPS) is 23.3. The number of hydrogen-bond donors (Lipinski definition) is 0. The van der Waals surface area contributed by atoms with E-state index in [4.69, 9.17) is 0 Å². The molecule has 2 aliphatic rings. The van der Waals surface area contributed by atoms with Crippen LogP contribution in [0.1, 0.15) is 113 Å². The standard InChI is InChI=1S/C22H33/c1-3-7-13-19(14-8-4-1)21-17-11-12-18-22(21)20-15-9-5-2-6-10-16-20/h11,17-20H,1-10,13-16H2. The summed E-state index contributed by atoms with van der Waals surface area (Å²) in [6.45, 7) is 0. The van der Waals surface area contributed by atoms with Gasteiger partial charge < -0.3 is 0 Å². The molecule has 2 aliphatic carbocycles. The molecule has 0 heteroatoms. The molecule has 1 aromatic carbocycles. The lowest BCUT2D eigenvalue weighted by atomic mass is 9.78. The Bertz CT molecular complexity index is 376. The van der Waals surface area contributed by atoms with E-state index in [2.05, 4.69) is 24.3 Å². The van der Waals surface area contributed by atoms with Crippen LogP contribution in [0.3, 0.4) is 0 Å². The maximum Gasteiger partial charge on any atom is -0.0159 e. The Labute approximate surface area is 137 Å². The summed E-state index contributed by atoms with van der Waals surface area (Å²) in [5.74, 6) is 1.65. The van der Waals surface area contributed by atoms with E-state index in [1.54, 1.807) is 11.1 Å². The van der Waals surface area contributed by atoms with Crippen LogP contribution >= 0.6 is 0 Å². The minimum atomic E-state index is 0.818. The zero-order valence-corrected chi connectivity index (χ0v) is 14.3. The summed E-state index contributed by atoms with van der Waals surface area (Å²) in [6.07, 6.45) is 20.1. The number of rotatable bonds is 2. The van der Waals surface area contributed by atoms with E-state index in [0.717, 1.165) is 11.8 Å². The molecule has 0 nitrogen and oxygen atoms in total. The van der Waals surface area contributed by atoms with Gasteiger partial charge >= 0.3 is 0 Å². The zero-order chi connectivity index (χ0) is 15.0. The van der Waals surface area contributed by atoms with Crippen LogP contribution in [0.2, 0.25) is 0 Å². The van der Waals surface area contributed by atoms with Crippen molar-refractivity contribution < 1.29 is 0 Å². The molecule has 0 aromatic heterocycles. The third kappa shape index (κ3) is 4.37. The van der Waals surface area contributed by atoms with Crippen LogP contribution in [0.4, 0.5) is 0 Å². The van der Waals surface area contributed by atoms with Crippen molar-refractivity contribution in [3.63, 3.8) is 0 Å². The second kappa shape index (κ2) is 8.75. The Morgan fingerprint density at radius 1 is 0.591 bits per heavy atom. The van der Waals surface area contributed by atoms with E-state index < -0.39 is 0 Å². The molecule has 1 radical (unpaired) electrons. The summed E-state index contributed by atoms with van der Waals surface area (Å²) in [5.41, 5.74) is 3.38. The summed E-state index contributed by atoms with van der Waals surface area (Å²) in [6, 6.07) is 10.3. The predicted octanol–water partition coefficient (Wildman–Crippen LogP) is 7.14. The van der Waals surface area contributed by atoms with E-state index in [9.17, 15) is 0 Å². The molecule has 0 amide bonds. The molecule has 121 valence electrons. The molecule has 22 heavy (non-hydrogen) atoms. The molecular formula is C22H33. The van der Waals surface area contributed by atoms with Crippen LogP contribution in [-0.4, -0.2) is 0 Å². The van der Waals surface area contributed by atoms with Crippen LogP contribution in [0, 0.1) is 6.07 Å². The molecule has 1 aromatic rings. The van der Waals surface area contributed by atoms with E-state index >= 15 is 0 Å². The zero-order valence-electron chi connectivity index (χ0n) is 14.3. The summed E-state index contributed by atoms with van der Waals surface area (Å²) in [4.78, 5) is 0. The van der Waals surface area contributed by atoms with Gasteiger partial charge in [-0.15, -0.1) is 0 Å². The molecule has 0 saturated heterocycles. The first kappa shape index (κ1) is 16.1. The van der Waals surface area contributed by atoms with Crippen molar-refractivity contribution in [2.45, 2.75) is 102 Å². The van der Waals surface area contributed by atoms with Crippen molar-refractivity contribution in [2.24, 2.45) is 0 Å². The van der Waals surface area contributed by atoms with Crippen LogP contribution in [0.5, 0.6) is 0 Å². The molecule has 2 saturated carbocycles. The van der Waals surface area contributed by atoms with Gasteiger partial charge in [-0.25, -0.2) is 0 Å². The highest BCUT2D eigenvalue weighted by molar-refractivity contribution is 5.33. The molecule has 0 heterocycles. The van der Waals surface area contributed by atoms with Gasteiger partial charge in [0.1, 0.15) is 0 Å². The van der Waals surface area contributed by atoms with Crippen LogP contribution in [0.25, 0.3) is 0 Å². The van der Waals surface area contributed by atoms with Gasteiger partial charge in [0.2, 0.25) is 0 Å². The van der Waals surface area contributed by atoms with E-state index in [0.29, 0.717) is 0 Å². The van der Waals surface area contributed by atoms with Gasteiger partial charge in [-0.05, 0) is 54.7 Å². The lowest BCUT2D eigenvalue weighted by molar-refractivity contribution is 0.434. The highest BCUT2D eigenvalue weighted by Gasteiger charge is 2.21. The molecule has 0 aliphatic heterocycles. The summed E-state index contributed by atoms with van der Waals surface area (Å²) in [5, 5.41) is 0. The first-order valence-electron chi connectivity index (χ1n) is 9.95.